The lowest BCUT2D eigenvalue weighted by Crippen LogP contribution is -2.10. The number of aromatic nitrogens is 5. The first kappa shape index (κ1) is 19.2. The quantitative estimate of drug-likeness (QED) is 0.495. The van der Waals surface area contributed by atoms with Crippen molar-refractivity contribution in [3.05, 3.63) is 65.6 Å². The zero-order valence-electron chi connectivity index (χ0n) is 15.8. The van der Waals surface area contributed by atoms with Crippen LogP contribution in [0.5, 0.6) is 5.75 Å². The first-order valence-electron chi connectivity index (χ1n) is 9.31. The molecule has 0 unspecified atom stereocenters. The smallest absolute Gasteiger partial charge is 0.433 e. The summed E-state index contributed by atoms with van der Waals surface area (Å²) in [6.07, 6.45) is 0.0997. The summed E-state index contributed by atoms with van der Waals surface area (Å²) < 4.78 is 59.7. The molecule has 3 aromatic heterocycles. The molecule has 1 N–H and O–H groups in total. The second kappa shape index (κ2) is 7.18. The average Bonchev–Trinajstić information content (AvgIpc) is 3.42. The van der Waals surface area contributed by atoms with Gasteiger partial charge in [-0.1, -0.05) is 6.07 Å². The molecule has 0 saturated carbocycles. The third kappa shape index (κ3) is 3.41. The summed E-state index contributed by atoms with van der Waals surface area (Å²) in [5.41, 5.74) is 1.58. The molecule has 1 aliphatic rings. The Bertz CT molecular complexity index is 1270. The van der Waals surface area contributed by atoms with E-state index in [9.17, 15) is 17.6 Å². The van der Waals surface area contributed by atoms with Gasteiger partial charge < -0.3 is 10.1 Å². The highest BCUT2D eigenvalue weighted by Crippen LogP contribution is 2.32. The van der Waals surface area contributed by atoms with Crippen LogP contribution in [0.4, 0.5) is 23.5 Å². The number of benzene rings is 1. The molecule has 11 heteroatoms. The fraction of sp³-hybridized carbons (Fsp3) is 0.200. The Kier molecular flexibility index (Phi) is 4.45. The van der Waals surface area contributed by atoms with Crippen LogP contribution in [0.3, 0.4) is 0 Å². The first-order valence-corrected chi connectivity index (χ1v) is 9.31. The molecule has 1 aromatic carbocycles. The minimum absolute atomic E-state index is 0.166. The van der Waals surface area contributed by atoms with Gasteiger partial charge in [0.05, 0.1) is 6.61 Å². The van der Waals surface area contributed by atoms with Gasteiger partial charge in [-0.15, -0.1) is 10.2 Å². The van der Waals surface area contributed by atoms with Crippen LogP contribution in [-0.4, -0.2) is 31.2 Å². The minimum atomic E-state index is -4.52. The Morgan fingerprint density at radius 1 is 1.10 bits per heavy atom. The van der Waals surface area contributed by atoms with Crippen LogP contribution < -0.4 is 10.1 Å². The predicted molar refractivity (Wildman–Crippen MR) is 102 cm³/mol. The molecule has 7 nitrogen and oxygen atoms in total. The summed E-state index contributed by atoms with van der Waals surface area (Å²) in [6, 6.07) is 5.18. The second-order valence-corrected chi connectivity index (χ2v) is 6.90. The van der Waals surface area contributed by atoms with E-state index < -0.39 is 11.9 Å². The number of pyridine rings is 1. The monoisotopic (exact) mass is 430 g/mol. The largest absolute Gasteiger partial charge is 0.493 e. The molecule has 0 aliphatic carbocycles. The Hall–Kier alpha value is -3.76. The number of alkyl halides is 3. The molecule has 0 amide bonds. The lowest BCUT2D eigenvalue weighted by molar-refractivity contribution is -0.141. The van der Waals surface area contributed by atoms with Gasteiger partial charge in [0.25, 0.3) is 0 Å². The molecule has 4 heterocycles. The molecule has 0 saturated heterocycles. The highest BCUT2D eigenvalue weighted by molar-refractivity contribution is 5.77. The van der Waals surface area contributed by atoms with Gasteiger partial charge in [0, 0.05) is 47.6 Å². The molecule has 158 valence electrons. The van der Waals surface area contributed by atoms with Crippen molar-refractivity contribution in [3.8, 4) is 16.9 Å². The number of hydrogen-bond donors (Lipinski definition) is 1. The minimum Gasteiger partial charge on any atom is -0.493 e. The number of ether oxygens (including phenoxy) is 1. The summed E-state index contributed by atoms with van der Waals surface area (Å²) in [4.78, 5) is 7.81. The van der Waals surface area contributed by atoms with Crippen LogP contribution in [0.25, 0.3) is 16.8 Å². The van der Waals surface area contributed by atoms with Gasteiger partial charge in [-0.3, -0.25) is 9.38 Å². The van der Waals surface area contributed by atoms with Crippen molar-refractivity contribution in [2.45, 2.75) is 19.1 Å². The summed E-state index contributed by atoms with van der Waals surface area (Å²) >= 11 is 0. The number of nitrogens with one attached hydrogen (secondary N) is 1. The van der Waals surface area contributed by atoms with Crippen LogP contribution >= 0.6 is 0 Å². The van der Waals surface area contributed by atoms with Gasteiger partial charge in [0.15, 0.2) is 5.65 Å². The topological polar surface area (TPSA) is 77.2 Å². The molecule has 1 aliphatic heterocycles. The van der Waals surface area contributed by atoms with Crippen LogP contribution in [-0.2, 0) is 19.1 Å². The fourth-order valence-corrected chi connectivity index (χ4v) is 3.55. The van der Waals surface area contributed by atoms with Gasteiger partial charge in [0.1, 0.15) is 23.6 Å². The van der Waals surface area contributed by atoms with Crippen molar-refractivity contribution in [2.75, 3.05) is 11.9 Å². The van der Waals surface area contributed by atoms with Crippen molar-refractivity contribution in [3.63, 3.8) is 0 Å². The van der Waals surface area contributed by atoms with E-state index in [2.05, 4.69) is 25.5 Å². The Morgan fingerprint density at radius 3 is 2.74 bits per heavy atom. The Morgan fingerprint density at radius 2 is 1.97 bits per heavy atom. The predicted octanol–water partition coefficient (Wildman–Crippen LogP) is 3.89. The normalized spacial score (nSPS) is 13.3. The van der Waals surface area contributed by atoms with Crippen molar-refractivity contribution in [1.82, 2.24) is 24.6 Å². The first-order chi connectivity index (χ1) is 14.9. The SMILES string of the molecule is Fc1ccc2c(c1CNc1ncc(-c3ccc(C(F)(F)F)nc3)c3nncn13)CCO2. The van der Waals surface area contributed by atoms with Crippen LogP contribution in [0.2, 0.25) is 0 Å². The van der Waals surface area contributed by atoms with Gasteiger partial charge in [0.2, 0.25) is 5.95 Å². The van der Waals surface area contributed by atoms with E-state index in [1.807, 2.05) is 0 Å². The number of rotatable bonds is 4. The van der Waals surface area contributed by atoms with Crippen LogP contribution in [0, 0.1) is 5.82 Å². The maximum Gasteiger partial charge on any atom is 0.433 e. The molecule has 0 atom stereocenters. The van der Waals surface area contributed by atoms with Gasteiger partial charge in [-0.25, -0.2) is 9.37 Å². The molecule has 0 bridgehead atoms. The number of anilines is 1. The number of halogens is 4. The van der Waals surface area contributed by atoms with Gasteiger partial charge >= 0.3 is 6.18 Å². The summed E-state index contributed by atoms with van der Waals surface area (Å²) in [5.74, 6) is 0.689. The van der Waals surface area contributed by atoms with Crippen molar-refractivity contribution in [1.29, 1.82) is 0 Å². The van der Waals surface area contributed by atoms with Crippen molar-refractivity contribution in [2.24, 2.45) is 0 Å². The highest BCUT2D eigenvalue weighted by atomic mass is 19.4. The molecular weight excluding hydrogens is 416 g/mol. The van der Waals surface area contributed by atoms with Crippen LogP contribution in [0.1, 0.15) is 16.8 Å². The molecule has 4 aromatic rings. The molecule has 31 heavy (non-hydrogen) atoms. The molecule has 5 rings (SSSR count). The standard InChI is InChI=1S/C20H14F4N6O/c21-15-2-3-16-12(5-6-31-16)14(15)9-27-19-26-8-13(18-29-28-10-30(18)19)11-1-4-17(25-7-11)20(22,23)24/h1-4,7-8,10H,5-6,9H2,(H,26,27). The van der Waals surface area contributed by atoms with Gasteiger partial charge in [-0.05, 0) is 18.2 Å². The zero-order chi connectivity index (χ0) is 21.6. The van der Waals surface area contributed by atoms with E-state index in [1.54, 1.807) is 10.5 Å². The lowest BCUT2D eigenvalue weighted by Gasteiger charge is -2.13. The molecule has 0 spiro atoms. The summed E-state index contributed by atoms with van der Waals surface area (Å²) in [7, 11) is 0. The summed E-state index contributed by atoms with van der Waals surface area (Å²) in [5, 5.41) is 11.0. The zero-order valence-corrected chi connectivity index (χ0v) is 15.8. The third-order valence-electron chi connectivity index (χ3n) is 5.06. The van der Waals surface area contributed by atoms with E-state index >= 15 is 0 Å². The third-order valence-corrected chi connectivity index (χ3v) is 5.06. The van der Waals surface area contributed by atoms with Crippen molar-refractivity contribution < 1.29 is 22.3 Å². The Labute approximate surface area is 172 Å². The molecule has 0 fully saturated rings. The van der Waals surface area contributed by atoms with Gasteiger partial charge in [-0.2, -0.15) is 13.2 Å². The molecular formula is C20H14F4N6O. The van der Waals surface area contributed by atoms with E-state index in [-0.39, 0.29) is 12.4 Å². The number of hydrogen-bond acceptors (Lipinski definition) is 6. The van der Waals surface area contributed by atoms with E-state index in [0.717, 1.165) is 17.8 Å². The maximum atomic E-state index is 14.4. The average molecular weight is 430 g/mol. The number of fused-ring (bicyclic) bond motifs is 2. The van der Waals surface area contributed by atoms with Crippen LogP contribution in [0.15, 0.2) is 43.0 Å². The Balaban J connectivity index is 1.45. The summed E-state index contributed by atoms with van der Waals surface area (Å²) in [6.45, 7) is 0.676. The fourth-order valence-electron chi connectivity index (χ4n) is 3.55. The highest BCUT2D eigenvalue weighted by Gasteiger charge is 2.32. The van der Waals surface area contributed by atoms with E-state index in [1.165, 1.54) is 24.7 Å². The molecule has 0 radical (unpaired) electrons. The second-order valence-electron chi connectivity index (χ2n) is 6.90. The number of nitrogens with zero attached hydrogens (tertiary/aromatic N) is 5. The maximum absolute atomic E-state index is 14.4. The lowest BCUT2D eigenvalue weighted by atomic mass is 10.0. The van der Waals surface area contributed by atoms with E-state index in [0.29, 0.717) is 47.1 Å². The van der Waals surface area contributed by atoms with E-state index in [4.69, 9.17) is 4.74 Å². The van der Waals surface area contributed by atoms with Crippen molar-refractivity contribution >= 4 is 11.6 Å².